The van der Waals surface area contributed by atoms with Crippen molar-refractivity contribution < 1.29 is 17.9 Å². The summed E-state index contributed by atoms with van der Waals surface area (Å²) in [6.45, 7) is 4.27. The summed E-state index contributed by atoms with van der Waals surface area (Å²) in [5.41, 5.74) is 3.58. The van der Waals surface area contributed by atoms with Crippen LogP contribution >= 0.6 is 0 Å². The van der Waals surface area contributed by atoms with Gasteiger partial charge < -0.3 is 4.74 Å². The van der Waals surface area contributed by atoms with Crippen LogP contribution in [0.5, 0.6) is 0 Å². The summed E-state index contributed by atoms with van der Waals surface area (Å²) < 4.78 is 49.3. The fourth-order valence-corrected chi connectivity index (χ4v) is 6.75. The van der Waals surface area contributed by atoms with Crippen molar-refractivity contribution >= 4 is 10.9 Å². The van der Waals surface area contributed by atoms with Gasteiger partial charge in [-0.25, -0.2) is 4.98 Å². The SMILES string of the molecule is Cc1cc([C@@H]2C[C@H](c3cc4nc(C)n(C)c(=O)c4c(C4C[C@@H](C(F)(F)F)C5CC4C5)n3)CCO2)ccn1. The molecule has 0 radical (unpaired) electrons. The van der Waals surface area contributed by atoms with Gasteiger partial charge >= 0.3 is 6.18 Å². The van der Waals surface area contributed by atoms with Crippen LogP contribution in [0.4, 0.5) is 13.2 Å². The number of aryl methyl sites for hydroxylation is 2. The lowest BCUT2D eigenvalue weighted by molar-refractivity contribution is -0.219. The van der Waals surface area contributed by atoms with Gasteiger partial charge in [0, 0.05) is 43.1 Å². The van der Waals surface area contributed by atoms with Gasteiger partial charge in [-0.15, -0.1) is 0 Å². The average Bonchev–Trinajstić information content (AvgIpc) is 2.85. The van der Waals surface area contributed by atoms with E-state index in [-0.39, 0.29) is 35.8 Å². The van der Waals surface area contributed by atoms with Crippen LogP contribution in [0.1, 0.15) is 78.5 Å². The molecule has 9 heteroatoms. The van der Waals surface area contributed by atoms with E-state index in [1.54, 1.807) is 20.2 Å². The van der Waals surface area contributed by atoms with Crippen molar-refractivity contribution in [2.75, 3.05) is 6.61 Å². The Morgan fingerprint density at radius 2 is 1.84 bits per heavy atom. The van der Waals surface area contributed by atoms with Crippen LogP contribution in [0.15, 0.2) is 29.2 Å². The first-order valence-electron chi connectivity index (χ1n) is 13.1. The van der Waals surface area contributed by atoms with E-state index < -0.39 is 18.0 Å². The van der Waals surface area contributed by atoms with Crippen molar-refractivity contribution in [3.05, 3.63) is 63.2 Å². The second-order valence-corrected chi connectivity index (χ2v) is 11.1. The fourth-order valence-electron chi connectivity index (χ4n) is 6.75. The number of aromatic nitrogens is 4. The van der Waals surface area contributed by atoms with Crippen LogP contribution in [-0.4, -0.2) is 32.3 Å². The highest BCUT2D eigenvalue weighted by molar-refractivity contribution is 5.81. The normalized spacial score (nSPS) is 29.8. The van der Waals surface area contributed by atoms with Gasteiger partial charge in [0.2, 0.25) is 0 Å². The van der Waals surface area contributed by atoms with Crippen molar-refractivity contribution in [1.82, 2.24) is 19.5 Å². The summed E-state index contributed by atoms with van der Waals surface area (Å²) in [7, 11) is 1.65. The summed E-state index contributed by atoms with van der Waals surface area (Å²) in [6, 6.07) is 5.86. The van der Waals surface area contributed by atoms with Gasteiger partial charge in [-0.3, -0.25) is 19.3 Å². The lowest BCUT2D eigenvalue weighted by atomic mass is 9.54. The van der Waals surface area contributed by atoms with Crippen molar-refractivity contribution in [3.63, 3.8) is 0 Å². The molecule has 2 bridgehead atoms. The van der Waals surface area contributed by atoms with Crippen molar-refractivity contribution in [3.8, 4) is 0 Å². The standard InChI is InChI=1S/C28H31F3N4O2/c1-14-8-17(4-6-32-14)24-11-16(5-7-37-24)22-13-23-25(27(36)35(3)15(2)33-23)26(34-22)20-12-21(28(29,30)31)19-9-18(20)10-19/h4,6,8,13,16,18-21,24H,5,7,9-12H2,1-3H3/t16-,18?,19?,20?,21-,24+/m1/s1. The molecule has 0 amide bonds. The second kappa shape index (κ2) is 8.89. The summed E-state index contributed by atoms with van der Waals surface area (Å²) in [6.07, 6.45) is -0.0389. The third kappa shape index (κ3) is 4.25. The zero-order valence-corrected chi connectivity index (χ0v) is 21.3. The van der Waals surface area contributed by atoms with Crippen LogP contribution in [0.25, 0.3) is 10.9 Å². The lowest BCUT2D eigenvalue weighted by Crippen LogP contribution is -2.47. The van der Waals surface area contributed by atoms with Crippen LogP contribution in [0.2, 0.25) is 0 Å². The molecule has 0 aromatic carbocycles. The number of ether oxygens (including phenoxy) is 1. The fraction of sp³-hybridized carbons (Fsp3) is 0.571. The Morgan fingerprint density at radius 1 is 1.05 bits per heavy atom. The summed E-state index contributed by atoms with van der Waals surface area (Å²) in [4.78, 5) is 27.4. The van der Waals surface area contributed by atoms with E-state index in [2.05, 4.69) is 4.98 Å². The molecule has 3 saturated carbocycles. The van der Waals surface area contributed by atoms with E-state index >= 15 is 0 Å². The first kappa shape index (κ1) is 24.5. The number of nitrogens with zero attached hydrogens (tertiary/aromatic N) is 4. The van der Waals surface area contributed by atoms with Crippen molar-refractivity contribution in [1.29, 1.82) is 0 Å². The molecule has 1 aliphatic heterocycles. The largest absolute Gasteiger partial charge is 0.392 e. The van der Waals surface area contributed by atoms with E-state index in [0.29, 0.717) is 48.3 Å². The number of fused-ring (bicyclic) bond motifs is 3. The molecule has 4 fully saturated rings. The van der Waals surface area contributed by atoms with Gasteiger partial charge in [0.05, 0.1) is 28.6 Å². The third-order valence-electron chi connectivity index (χ3n) is 8.96. The molecule has 3 aromatic rings. The minimum Gasteiger partial charge on any atom is -0.373 e. The Morgan fingerprint density at radius 3 is 2.57 bits per heavy atom. The van der Waals surface area contributed by atoms with Crippen LogP contribution in [-0.2, 0) is 11.8 Å². The minimum absolute atomic E-state index is 0.00584. The van der Waals surface area contributed by atoms with E-state index in [4.69, 9.17) is 14.7 Å². The average molecular weight is 513 g/mol. The van der Waals surface area contributed by atoms with Crippen LogP contribution in [0.3, 0.4) is 0 Å². The van der Waals surface area contributed by atoms with Crippen molar-refractivity contribution in [2.45, 2.75) is 70.1 Å². The van der Waals surface area contributed by atoms with Crippen LogP contribution in [0, 0.1) is 31.6 Å². The predicted molar refractivity (Wildman–Crippen MR) is 132 cm³/mol. The highest BCUT2D eigenvalue weighted by atomic mass is 19.4. The molecule has 6 nitrogen and oxygen atoms in total. The molecule has 3 aromatic heterocycles. The summed E-state index contributed by atoms with van der Waals surface area (Å²) >= 11 is 0. The van der Waals surface area contributed by atoms with E-state index in [1.807, 2.05) is 25.1 Å². The summed E-state index contributed by atoms with van der Waals surface area (Å²) in [5.74, 6) is -1.29. The van der Waals surface area contributed by atoms with E-state index in [0.717, 1.165) is 23.4 Å². The first-order chi connectivity index (χ1) is 17.6. The number of rotatable bonds is 3. The molecule has 4 atom stereocenters. The highest BCUT2D eigenvalue weighted by Crippen LogP contribution is 2.59. The Labute approximate surface area is 213 Å². The molecule has 1 unspecified atom stereocenters. The van der Waals surface area contributed by atoms with Gasteiger partial charge in [-0.2, -0.15) is 13.2 Å². The van der Waals surface area contributed by atoms with E-state index in [9.17, 15) is 18.0 Å². The number of pyridine rings is 2. The van der Waals surface area contributed by atoms with Gasteiger partial charge in [0.1, 0.15) is 5.82 Å². The molecular formula is C28H31F3N4O2. The maximum absolute atomic E-state index is 13.9. The molecule has 196 valence electrons. The summed E-state index contributed by atoms with van der Waals surface area (Å²) in [5, 5.41) is 0.376. The third-order valence-corrected chi connectivity index (χ3v) is 8.96. The number of hydrogen-bond acceptors (Lipinski definition) is 5. The molecule has 0 N–H and O–H groups in total. The number of alkyl halides is 3. The highest BCUT2D eigenvalue weighted by Gasteiger charge is 2.56. The van der Waals surface area contributed by atoms with Gasteiger partial charge in [-0.1, -0.05) is 0 Å². The molecule has 3 aliphatic carbocycles. The maximum atomic E-state index is 13.9. The van der Waals surface area contributed by atoms with Gasteiger partial charge in [0.15, 0.2) is 0 Å². The Balaban J connectivity index is 1.44. The smallest absolute Gasteiger partial charge is 0.373 e. The second-order valence-electron chi connectivity index (χ2n) is 11.1. The van der Waals surface area contributed by atoms with Gasteiger partial charge in [-0.05, 0) is 81.5 Å². The van der Waals surface area contributed by atoms with Gasteiger partial charge in [0.25, 0.3) is 5.56 Å². The lowest BCUT2D eigenvalue weighted by Gasteiger charge is -2.51. The molecule has 7 rings (SSSR count). The molecule has 37 heavy (non-hydrogen) atoms. The monoisotopic (exact) mass is 512 g/mol. The Hall–Kier alpha value is -2.81. The number of hydrogen-bond donors (Lipinski definition) is 0. The Bertz CT molecular complexity index is 1410. The minimum atomic E-state index is -4.24. The predicted octanol–water partition coefficient (Wildman–Crippen LogP) is 5.67. The molecule has 4 heterocycles. The molecule has 1 saturated heterocycles. The van der Waals surface area contributed by atoms with Crippen LogP contribution < -0.4 is 5.56 Å². The Kier molecular flexibility index (Phi) is 5.89. The van der Waals surface area contributed by atoms with E-state index in [1.165, 1.54) is 4.57 Å². The topological polar surface area (TPSA) is 69.9 Å². The zero-order valence-electron chi connectivity index (χ0n) is 21.3. The maximum Gasteiger partial charge on any atom is 0.392 e. The molecule has 0 spiro atoms. The first-order valence-corrected chi connectivity index (χ1v) is 13.1. The zero-order chi connectivity index (χ0) is 26.1. The quantitative estimate of drug-likeness (QED) is 0.453. The van der Waals surface area contributed by atoms with Crippen molar-refractivity contribution in [2.24, 2.45) is 24.8 Å². The molecule has 4 aliphatic rings. The number of halogens is 3. The molecular weight excluding hydrogens is 481 g/mol.